The van der Waals surface area contributed by atoms with Crippen molar-refractivity contribution < 1.29 is 4.79 Å². The summed E-state index contributed by atoms with van der Waals surface area (Å²) in [7, 11) is 0. The fourth-order valence-electron chi connectivity index (χ4n) is 2.09. The van der Waals surface area contributed by atoms with Crippen molar-refractivity contribution in [3.63, 3.8) is 0 Å². The molecule has 0 saturated carbocycles. The van der Waals surface area contributed by atoms with Gasteiger partial charge in [-0.25, -0.2) is 4.98 Å². The third-order valence-electron chi connectivity index (χ3n) is 3.05. The summed E-state index contributed by atoms with van der Waals surface area (Å²) in [6, 6.07) is 13.9. The second-order valence-corrected chi connectivity index (χ2v) is 5.49. The fraction of sp³-hybridized carbons (Fsp3) is 0.125. The number of hydrogen-bond acceptors (Lipinski definition) is 3. The first-order chi connectivity index (χ1) is 9.22. The van der Waals surface area contributed by atoms with Crippen molar-refractivity contribution in [3.05, 3.63) is 64.1 Å². The Morgan fingerprint density at radius 2 is 1.95 bits per heavy atom. The third-order valence-corrected chi connectivity index (χ3v) is 4.02. The highest BCUT2D eigenvalue weighted by Crippen LogP contribution is 2.18. The normalized spacial score (nSPS) is 10.8. The van der Waals surface area contributed by atoms with Crippen molar-refractivity contribution in [1.29, 1.82) is 0 Å². The molecule has 3 aromatic rings. The number of carbonyl (C=O) groups is 1. The summed E-state index contributed by atoms with van der Waals surface area (Å²) in [5.41, 5.74) is 1.73. The maximum atomic E-state index is 12.2. The zero-order valence-corrected chi connectivity index (χ0v) is 11.4. The van der Waals surface area contributed by atoms with Gasteiger partial charge in [-0.05, 0) is 23.8 Å². The number of ketones is 1. The molecule has 0 aliphatic heterocycles. The number of aryl methyl sites for hydroxylation is 1. The van der Waals surface area contributed by atoms with E-state index in [4.69, 9.17) is 0 Å². The number of Topliss-reactive ketones (excluding diaryl/α,β-unsaturated/α-hetero) is 1. The van der Waals surface area contributed by atoms with E-state index >= 15 is 0 Å². The topological polar surface area (TPSA) is 30.0 Å². The Balaban J connectivity index is 1.89. The maximum Gasteiger partial charge on any atom is 0.169 e. The summed E-state index contributed by atoms with van der Waals surface area (Å²) in [6.45, 7) is 1.94. The molecule has 0 aliphatic rings. The molecule has 0 fully saturated rings. The summed E-state index contributed by atoms with van der Waals surface area (Å²) in [4.78, 5) is 16.6. The van der Waals surface area contributed by atoms with E-state index in [0.29, 0.717) is 6.42 Å². The van der Waals surface area contributed by atoms with E-state index in [1.54, 1.807) is 11.3 Å². The number of thiazole rings is 1. The average molecular weight is 267 g/mol. The van der Waals surface area contributed by atoms with Crippen LogP contribution in [0.4, 0.5) is 0 Å². The Morgan fingerprint density at radius 3 is 2.68 bits per heavy atom. The number of rotatable bonds is 3. The lowest BCUT2D eigenvalue weighted by atomic mass is 10.0. The van der Waals surface area contributed by atoms with Gasteiger partial charge in [0.15, 0.2) is 5.78 Å². The van der Waals surface area contributed by atoms with Gasteiger partial charge in [0.1, 0.15) is 5.01 Å². The van der Waals surface area contributed by atoms with E-state index < -0.39 is 0 Å². The van der Waals surface area contributed by atoms with Crippen LogP contribution in [0, 0.1) is 6.92 Å². The number of aromatic nitrogens is 1. The van der Waals surface area contributed by atoms with Crippen molar-refractivity contribution in [2.75, 3.05) is 0 Å². The zero-order chi connectivity index (χ0) is 13.2. The lowest BCUT2D eigenvalue weighted by molar-refractivity contribution is 0.0993. The molecule has 1 aromatic heterocycles. The molecule has 0 spiro atoms. The molecule has 0 aliphatic carbocycles. The molecule has 3 rings (SSSR count). The highest BCUT2D eigenvalue weighted by molar-refractivity contribution is 7.09. The minimum atomic E-state index is 0.125. The van der Waals surface area contributed by atoms with Gasteiger partial charge in [-0.1, -0.05) is 36.4 Å². The van der Waals surface area contributed by atoms with E-state index in [-0.39, 0.29) is 5.78 Å². The Kier molecular flexibility index (Phi) is 3.13. The predicted molar refractivity (Wildman–Crippen MR) is 78.8 cm³/mol. The Bertz CT molecular complexity index is 745. The number of benzene rings is 2. The number of nitrogens with zero attached hydrogens (tertiary/aromatic N) is 1. The van der Waals surface area contributed by atoms with Gasteiger partial charge in [0.2, 0.25) is 0 Å². The minimum absolute atomic E-state index is 0.125. The highest BCUT2D eigenvalue weighted by atomic mass is 32.1. The molecular weight excluding hydrogens is 254 g/mol. The summed E-state index contributed by atoms with van der Waals surface area (Å²) in [5.74, 6) is 0.125. The van der Waals surface area contributed by atoms with Gasteiger partial charge in [0.05, 0.1) is 6.42 Å². The van der Waals surface area contributed by atoms with Crippen molar-refractivity contribution in [3.8, 4) is 0 Å². The van der Waals surface area contributed by atoms with Gasteiger partial charge >= 0.3 is 0 Å². The molecular formula is C16H13NOS. The van der Waals surface area contributed by atoms with Crippen LogP contribution in [0.3, 0.4) is 0 Å². The zero-order valence-electron chi connectivity index (χ0n) is 10.6. The second kappa shape index (κ2) is 4.94. The van der Waals surface area contributed by atoms with Crippen LogP contribution < -0.4 is 0 Å². The van der Waals surface area contributed by atoms with Gasteiger partial charge < -0.3 is 0 Å². The molecule has 0 N–H and O–H groups in total. The van der Waals surface area contributed by atoms with Gasteiger partial charge in [-0.2, -0.15) is 0 Å². The largest absolute Gasteiger partial charge is 0.294 e. The molecule has 1 heterocycles. The SMILES string of the molecule is Cc1csc(CC(=O)c2ccc3ccccc3c2)n1. The summed E-state index contributed by atoms with van der Waals surface area (Å²) < 4.78 is 0. The molecule has 0 radical (unpaired) electrons. The van der Waals surface area contributed by atoms with Crippen molar-refractivity contribution in [1.82, 2.24) is 4.98 Å². The molecule has 2 aromatic carbocycles. The maximum absolute atomic E-state index is 12.2. The van der Waals surface area contributed by atoms with Crippen LogP contribution in [0.1, 0.15) is 21.1 Å². The number of fused-ring (bicyclic) bond motifs is 1. The van der Waals surface area contributed by atoms with Crippen LogP contribution in [0.15, 0.2) is 47.8 Å². The molecule has 0 saturated heterocycles. The molecule has 0 unspecified atom stereocenters. The second-order valence-electron chi connectivity index (χ2n) is 4.54. The van der Waals surface area contributed by atoms with E-state index in [2.05, 4.69) is 4.98 Å². The van der Waals surface area contributed by atoms with E-state index in [1.807, 2.05) is 54.8 Å². The first-order valence-electron chi connectivity index (χ1n) is 6.15. The lowest BCUT2D eigenvalue weighted by Gasteiger charge is -2.02. The lowest BCUT2D eigenvalue weighted by Crippen LogP contribution is -2.03. The Labute approximate surface area is 115 Å². The van der Waals surface area contributed by atoms with E-state index in [9.17, 15) is 4.79 Å². The smallest absolute Gasteiger partial charge is 0.169 e. The van der Waals surface area contributed by atoms with Gasteiger partial charge in [0, 0.05) is 16.6 Å². The molecule has 0 bridgehead atoms. The molecule has 0 amide bonds. The standard InChI is InChI=1S/C16H13NOS/c1-11-10-19-16(17-11)9-15(18)14-7-6-12-4-2-3-5-13(12)8-14/h2-8,10H,9H2,1H3. The van der Waals surface area contributed by atoms with Crippen LogP contribution in [0.25, 0.3) is 10.8 Å². The first kappa shape index (κ1) is 12.1. The average Bonchev–Trinajstić information content (AvgIpc) is 2.83. The van der Waals surface area contributed by atoms with Gasteiger partial charge in [0.25, 0.3) is 0 Å². The summed E-state index contributed by atoms with van der Waals surface area (Å²) in [6.07, 6.45) is 0.386. The monoisotopic (exact) mass is 267 g/mol. The van der Waals surface area contributed by atoms with Crippen LogP contribution in [-0.2, 0) is 6.42 Å². The Hall–Kier alpha value is -2.00. The predicted octanol–water partition coefficient (Wildman–Crippen LogP) is 4.03. The molecule has 19 heavy (non-hydrogen) atoms. The molecule has 2 nitrogen and oxygen atoms in total. The summed E-state index contributed by atoms with van der Waals surface area (Å²) in [5, 5.41) is 5.12. The third kappa shape index (κ3) is 2.56. The Morgan fingerprint density at radius 1 is 1.16 bits per heavy atom. The van der Waals surface area contributed by atoms with E-state index in [0.717, 1.165) is 27.0 Å². The molecule has 0 atom stereocenters. The van der Waals surface area contributed by atoms with Crippen molar-refractivity contribution >= 4 is 27.9 Å². The van der Waals surface area contributed by atoms with Crippen LogP contribution in [0.2, 0.25) is 0 Å². The van der Waals surface area contributed by atoms with Gasteiger partial charge in [-0.15, -0.1) is 11.3 Å². The molecule has 94 valence electrons. The quantitative estimate of drug-likeness (QED) is 0.671. The van der Waals surface area contributed by atoms with Crippen LogP contribution >= 0.6 is 11.3 Å². The number of hydrogen-bond donors (Lipinski definition) is 0. The van der Waals surface area contributed by atoms with E-state index in [1.165, 1.54) is 0 Å². The summed E-state index contributed by atoms with van der Waals surface area (Å²) >= 11 is 1.54. The van der Waals surface area contributed by atoms with Crippen molar-refractivity contribution in [2.24, 2.45) is 0 Å². The van der Waals surface area contributed by atoms with Crippen molar-refractivity contribution in [2.45, 2.75) is 13.3 Å². The highest BCUT2D eigenvalue weighted by Gasteiger charge is 2.10. The number of carbonyl (C=O) groups excluding carboxylic acids is 1. The van der Waals surface area contributed by atoms with Gasteiger partial charge in [-0.3, -0.25) is 4.79 Å². The van der Waals surface area contributed by atoms with Crippen LogP contribution in [0.5, 0.6) is 0 Å². The fourth-order valence-corrected chi connectivity index (χ4v) is 2.86. The molecule has 3 heteroatoms. The van der Waals surface area contributed by atoms with Crippen LogP contribution in [-0.4, -0.2) is 10.8 Å². The minimum Gasteiger partial charge on any atom is -0.294 e. The first-order valence-corrected chi connectivity index (χ1v) is 7.03.